The minimum Gasteiger partial charge on any atom is -0.466 e. The summed E-state index contributed by atoms with van der Waals surface area (Å²) in [4.78, 5) is 22.9. The van der Waals surface area contributed by atoms with Crippen molar-refractivity contribution < 1.29 is 33.6 Å². The second-order valence-electron chi connectivity index (χ2n) is 6.19. The molecule has 7 nitrogen and oxygen atoms in total. The lowest BCUT2D eigenvalue weighted by molar-refractivity contribution is -0.148. The molecule has 0 radical (unpaired) electrons. The summed E-state index contributed by atoms with van der Waals surface area (Å²) in [5.41, 5.74) is 0. The number of carbonyl (C=O) groups excluding carboxylic acids is 2. The van der Waals surface area contributed by atoms with Crippen LogP contribution in [-0.4, -0.2) is 74.8 Å². The van der Waals surface area contributed by atoms with Gasteiger partial charge < -0.3 is 24.1 Å². The second-order valence-corrected chi connectivity index (χ2v) is 7.08. The molecule has 0 aliphatic carbocycles. The number of unbranched alkanes of at least 4 members (excludes halogenated alkanes) is 1. The average Bonchev–Trinajstić information content (AvgIpc) is 2.73. The molecular formula is C21H40O7S2. The normalized spacial score (nSPS) is 11.2. The summed E-state index contributed by atoms with van der Waals surface area (Å²) in [7, 11) is 0. The van der Waals surface area contributed by atoms with Crippen molar-refractivity contribution in [1.29, 1.82) is 0 Å². The Balaban J connectivity index is 0. The van der Waals surface area contributed by atoms with E-state index in [4.69, 9.17) is 24.1 Å². The van der Waals surface area contributed by atoms with E-state index in [9.17, 15) is 9.59 Å². The minimum absolute atomic E-state index is 0.0933. The van der Waals surface area contributed by atoms with Gasteiger partial charge in [-0.2, -0.15) is 25.3 Å². The first-order valence-corrected chi connectivity index (χ1v) is 11.7. The molecule has 9 heteroatoms. The minimum atomic E-state index is -0.255. The van der Waals surface area contributed by atoms with Crippen LogP contribution in [0.25, 0.3) is 0 Å². The zero-order chi connectivity index (χ0) is 22.9. The van der Waals surface area contributed by atoms with Crippen LogP contribution in [0.3, 0.4) is 0 Å². The standard InChI is InChI=1S/C15H26O5.C6H14O2S2/c1-3-8-13(15(18)19-4-2)9-7-12-20-14(17)10-5-6-11-16;9-5-3-7-1-2-8-4-6-10/h3,13,16H,1,4-12H2,2H3;9-10H,1-6H2. The Morgan fingerprint density at radius 1 is 0.967 bits per heavy atom. The molecule has 0 fully saturated rings. The van der Waals surface area contributed by atoms with Gasteiger partial charge in [-0.05, 0) is 39.0 Å². The molecule has 0 saturated carbocycles. The molecule has 0 aliphatic rings. The maximum absolute atomic E-state index is 11.6. The van der Waals surface area contributed by atoms with Gasteiger partial charge in [-0.3, -0.25) is 9.59 Å². The third-order valence-electron chi connectivity index (χ3n) is 3.66. The summed E-state index contributed by atoms with van der Waals surface area (Å²) < 4.78 is 20.2. The van der Waals surface area contributed by atoms with Crippen LogP contribution in [0, 0.1) is 5.92 Å². The second kappa shape index (κ2) is 26.3. The van der Waals surface area contributed by atoms with Gasteiger partial charge in [-0.15, -0.1) is 6.58 Å². The van der Waals surface area contributed by atoms with Crippen LogP contribution in [-0.2, 0) is 28.5 Å². The first kappa shape index (κ1) is 31.4. The van der Waals surface area contributed by atoms with Gasteiger partial charge in [0.05, 0.1) is 45.6 Å². The predicted octanol–water partition coefficient (Wildman–Crippen LogP) is 3.11. The van der Waals surface area contributed by atoms with Crippen LogP contribution in [0.15, 0.2) is 12.7 Å². The maximum atomic E-state index is 11.6. The SMILES string of the molecule is C=CCC(CCCOC(=O)CCCCO)C(=O)OCC.SCCOCCOCCS. The van der Waals surface area contributed by atoms with E-state index in [1.165, 1.54) is 0 Å². The molecule has 0 heterocycles. The first-order chi connectivity index (χ1) is 14.6. The first-order valence-electron chi connectivity index (χ1n) is 10.5. The van der Waals surface area contributed by atoms with E-state index in [-0.39, 0.29) is 24.5 Å². The fourth-order valence-corrected chi connectivity index (χ4v) is 2.47. The Morgan fingerprint density at radius 2 is 1.60 bits per heavy atom. The number of hydrogen-bond acceptors (Lipinski definition) is 9. The summed E-state index contributed by atoms with van der Waals surface area (Å²) in [6.45, 7) is 8.90. The van der Waals surface area contributed by atoms with Gasteiger partial charge in [-0.1, -0.05) is 6.08 Å². The van der Waals surface area contributed by atoms with E-state index in [2.05, 4.69) is 31.8 Å². The van der Waals surface area contributed by atoms with Gasteiger partial charge >= 0.3 is 11.9 Å². The number of rotatable bonds is 19. The van der Waals surface area contributed by atoms with Crippen molar-refractivity contribution in [3.8, 4) is 0 Å². The van der Waals surface area contributed by atoms with E-state index < -0.39 is 0 Å². The molecule has 30 heavy (non-hydrogen) atoms. The third-order valence-corrected chi connectivity index (χ3v) is 4.03. The summed E-state index contributed by atoms with van der Waals surface area (Å²) in [6.07, 6.45) is 5.09. The molecule has 0 aromatic heterocycles. The van der Waals surface area contributed by atoms with Crippen LogP contribution < -0.4 is 0 Å². The molecule has 0 aromatic rings. The molecule has 0 bridgehead atoms. The number of carbonyl (C=O) groups is 2. The van der Waals surface area contributed by atoms with E-state index in [0.29, 0.717) is 78.2 Å². The van der Waals surface area contributed by atoms with Gasteiger partial charge in [0.2, 0.25) is 0 Å². The topological polar surface area (TPSA) is 91.3 Å². The highest BCUT2D eigenvalue weighted by molar-refractivity contribution is 7.80. The lowest BCUT2D eigenvalue weighted by atomic mass is 10.00. The number of allylic oxidation sites excluding steroid dienone is 1. The molecule has 0 aromatic carbocycles. The van der Waals surface area contributed by atoms with Gasteiger partial charge in [-0.25, -0.2) is 0 Å². The van der Waals surface area contributed by atoms with Crippen molar-refractivity contribution in [2.45, 2.75) is 45.4 Å². The van der Waals surface area contributed by atoms with E-state index in [1.54, 1.807) is 13.0 Å². The number of aliphatic hydroxyl groups excluding tert-OH is 1. The fourth-order valence-electron chi connectivity index (χ4n) is 2.21. The third kappa shape index (κ3) is 23.5. The van der Waals surface area contributed by atoms with Gasteiger partial charge in [0.25, 0.3) is 0 Å². The lowest BCUT2D eigenvalue weighted by Crippen LogP contribution is -2.18. The fraction of sp³-hybridized carbons (Fsp3) is 0.810. The predicted molar refractivity (Wildman–Crippen MR) is 125 cm³/mol. The Hall–Kier alpha value is -0.740. The molecule has 1 unspecified atom stereocenters. The van der Waals surface area contributed by atoms with Crippen LogP contribution >= 0.6 is 25.3 Å². The van der Waals surface area contributed by atoms with E-state index in [0.717, 1.165) is 11.5 Å². The molecule has 1 atom stereocenters. The van der Waals surface area contributed by atoms with Crippen molar-refractivity contribution in [1.82, 2.24) is 0 Å². The van der Waals surface area contributed by atoms with Crippen molar-refractivity contribution in [3.05, 3.63) is 12.7 Å². The van der Waals surface area contributed by atoms with Crippen molar-refractivity contribution in [2.75, 3.05) is 57.8 Å². The quantitative estimate of drug-likeness (QED) is 0.116. The van der Waals surface area contributed by atoms with E-state index >= 15 is 0 Å². The lowest BCUT2D eigenvalue weighted by Gasteiger charge is -2.13. The average molecular weight is 469 g/mol. The van der Waals surface area contributed by atoms with Crippen LogP contribution in [0.1, 0.15) is 45.4 Å². The number of aliphatic hydroxyl groups is 1. The summed E-state index contributed by atoms with van der Waals surface area (Å²) in [5, 5.41) is 8.60. The summed E-state index contributed by atoms with van der Waals surface area (Å²) >= 11 is 7.97. The number of ether oxygens (including phenoxy) is 4. The van der Waals surface area contributed by atoms with Gasteiger partial charge in [0.1, 0.15) is 0 Å². The Bertz CT molecular complexity index is 401. The monoisotopic (exact) mass is 468 g/mol. The Labute approximate surface area is 192 Å². The zero-order valence-corrected chi connectivity index (χ0v) is 20.0. The number of thiol groups is 2. The van der Waals surface area contributed by atoms with Crippen molar-refractivity contribution in [3.63, 3.8) is 0 Å². The molecule has 0 saturated heterocycles. The van der Waals surface area contributed by atoms with Crippen LogP contribution in [0.5, 0.6) is 0 Å². The van der Waals surface area contributed by atoms with Gasteiger partial charge in [0, 0.05) is 24.5 Å². The highest BCUT2D eigenvalue weighted by atomic mass is 32.1. The molecule has 178 valence electrons. The smallest absolute Gasteiger partial charge is 0.309 e. The number of hydrogen-bond donors (Lipinski definition) is 3. The van der Waals surface area contributed by atoms with Crippen molar-refractivity contribution >= 4 is 37.2 Å². The number of esters is 2. The molecular weight excluding hydrogens is 428 g/mol. The summed E-state index contributed by atoms with van der Waals surface area (Å²) in [5.74, 6) is 0.858. The zero-order valence-electron chi connectivity index (χ0n) is 18.3. The summed E-state index contributed by atoms with van der Waals surface area (Å²) in [6, 6.07) is 0. The highest BCUT2D eigenvalue weighted by Gasteiger charge is 2.17. The largest absolute Gasteiger partial charge is 0.466 e. The van der Waals surface area contributed by atoms with Gasteiger partial charge in [0.15, 0.2) is 0 Å². The Morgan fingerprint density at radius 3 is 2.10 bits per heavy atom. The van der Waals surface area contributed by atoms with Crippen LogP contribution in [0.4, 0.5) is 0 Å². The van der Waals surface area contributed by atoms with E-state index in [1.807, 2.05) is 0 Å². The molecule has 0 amide bonds. The highest BCUT2D eigenvalue weighted by Crippen LogP contribution is 2.14. The molecule has 0 spiro atoms. The maximum Gasteiger partial charge on any atom is 0.309 e. The molecule has 1 N–H and O–H groups in total. The Kier molecular flexibility index (Phi) is 27.6. The van der Waals surface area contributed by atoms with Crippen molar-refractivity contribution in [2.24, 2.45) is 5.92 Å². The molecule has 0 rings (SSSR count). The van der Waals surface area contributed by atoms with Crippen LogP contribution in [0.2, 0.25) is 0 Å². The molecule has 0 aliphatic heterocycles.